The van der Waals surface area contributed by atoms with Crippen molar-refractivity contribution in [3.05, 3.63) is 17.5 Å². The van der Waals surface area contributed by atoms with E-state index in [0.29, 0.717) is 12.0 Å². The van der Waals surface area contributed by atoms with Gasteiger partial charge >= 0.3 is 0 Å². The lowest BCUT2D eigenvalue weighted by molar-refractivity contribution is 0.582. The van der Waals surface area contributed by atoms with Crippen molar-refractivity contribution in [3.63, 3.8) is 0 Å². The molecule has 0 aliphatic heterocycles. The van der Waals surface area contributed by atoms with Crippen LogP contribution in [0.15, 0.2) is 6.07 Å². The highest BCUT2D eigenvalue weighted by molar-refractivity contribution is 5.30. The van der Waals surface area contributed by atoms with Gasteiger partial charge in [0.25, 0.3) is 0 Å². The number of nitrogens with zero attached hydrogens (tertiary/aromatic N) is 2. The van der Waals surface area contributed by atoms with E-state index in [2.05, 4.69) is 42.1 Å². The van der Waals surface area contributed by atoms with E-state index in [1.807, 2.05) is 6.92 Å². The number of aryl methyl sites for hydroxylation is 1. The molecule has 1 unspecified atom stereocenters. The highest BCUT2D eigenvalue weighted by atomic mass is 15.1. The van der Waals surface area contributed by atoms with Crippen LogP contribution in [0.2, 0.25) is 0 Å². The first-order chi connectivity index (χ1) is 8.58. The third-order valence-corrected chi connectivity index (χ3v) is 3.61. The SMILES string of the molecule is CCC(CC1CC1)Nc1nc(C)cc(C(C)C)n1. The minimum atomic E-state index is 0.454. The Morgan fingerprint density at radius 1 is 1.33 bits per heavy atom. The highest BCUT2D eigenvalue weighted by Gasteiger charge is 2.25. The van der Waals surface area contributed by atoms with Gasteiger partial charge in [-0.15, -0.1) is 0 Å². The van der Waals surface area contributed by atoms with Crippen LogP contribution >= 0.6 is 0 Å². The van der Waals surface area contributed by atoms with Crippen molar-refractivity contribution in [3.8, 4) is 0 Å². The van der Waals surface area contributed by atoms with Gasteiger partial charge in [0, 0.05) is 17.4 Å². The zero-order valence-corrected chi connectivity index (χ0v) is 12.0. The quantitative estimate of drug-likeness (QED) is 0.828. The number of nitrogens with one attached hydrogen (secondary N) is 1. The van der Waals surface area contributed by atoms with Gasteiger partial charge in [-0.25, -0.2) is 9.97 Å². The first kappa shape index (κ1) is 13.3. The van der Waals surface area contributed by atoms with E-state index in [4.69, 9.17) is 0 Å². The average molecular weight is 247 g/mol. The maximum atomic E-state index is 4.63. The predicted octanol–water partition coefficient (Wildman–Crippen LogP) is 3.90. The first-order valence-electron chi connectivity index (χ1n) is 7.20. The van der Waals surface area contributed by atoms with Crippen molar-refractivity contribution in [2.75, 3.05) is 5.32 Å². The summed E-state index contributed by atoms with van der Waals surface area (Å²) < 4.78 is 0. The highest BCUT2D eigenvalue weighted by Crippen LogP contribution is 2.34. The van der Waals surface area contributed by atoms with Gasteiger partial charge in [0.1, 0.15) is 0 Å². The summed E-state index contributed by atoms with van der Waals surface area (Å²) in [4.78, 5) is 9.14. The number of aromatic nitrogens is 2. The predicted molar refractivity (Wildman–Crippen MR) is 75.9 cm³/mol. The number of hydrogen-bond acceptors (Lipinski definition) is 3. The molecule has 0 saturated heterocycles. The monoisotopic (exact) mass is 247 g/mol. The normalized spacial score (nSPS) is 16.9. The van der Waals surface area contributed by atoms with Crippen molar-refractivity contribution in [1.29, 1.82) is 0 Å². The molecule has 1 aliphatic rings. The van der Waals surface area contributed by atoms with E-state index in [9.17, 15) is 0 Å². The maximum absolute atomic E-state index is 4.63. The Morgan fingerprint density at radius 3 is 2.61 bits per heavy atom. The fourth-order valence-corrected chi connectivity index (χ4v) is 2.22. The van der Waals surface area contributed by atoms with Crippen LogP contribution in [0.5, 0.6) is 0 Å². The summed E-state index contributed by atoms with van der Waals surface area (Å²) in [6.07, 6.45) is 5.23. The minimum absolute atomic E-state index is 0.454. The number of anilines is 1. The lowest BCUT2D eigenvalue weighted by atomic mass is 10.1. The van der Waals surface area contributed by atoms with Crippen LogP contribution in [0.3, 0.4) is 0 Å². The average Bonchev–Trinajstić information content (AvgIpc) is 3.11. The summed E-state index contributed by atoms with van der Waals surface area (Å²) >= 11 is 0. The van der Waals surface area contributed by atoms with E-state index in [-0.39, 0.29) is 0 Å². The van der Waals surface area contributed by atoms with Crippen molar-refractivity contribution >= 4 is 5.95 Å². The summed E-state index contributed by atoms with van der Waals surface area (Å²) in [5.41, 5.74) is 2.18. The smallest absolute Gasteiger partial charge is 0.223 e. The van der Waals surface area contributed by atoms with E-state index in [1.54, 1.807) is 0 Å². The molecule has 1 N–H and O–H groups in total. The molecular weight excluding hydrogens is 222 g/mol. The van der Waals surface area contributed by atoms with E-state index < -0.39 is 0 Å². The molecule has 1 atom stereocenters. The molecule has 1 saturated carbocycles. The first-order valence-corrected chi connectivity index (χ1v) is 7.20. The molecule has 2 rings (SSSR count). The molecule has 1 fully saturated rings. The van der Waals surface area contributed by atoms with Crippen molar-refractivity contribution in [2.24, 2.45) is 5.92 Å². The topological polar surface area (TPSA) is 37.8 Å². The van der Waals surface area contributed by atoms with Crippen LogP contribution < -0.4 is 5.32 Å². The number of hydrogen-bond donors (Lipinski definition) is 1. The summed E-state index contributed by atoms with van der Waals surface area (Å²) in [6, 6.07) is 2.61. The van der Waals surface area contributed by atoms with Crippen LogP contribution in [0, 0.1) is 12.8 Å². The Balaban J connectivity index is 2.06. The summed E-state index contributed by atoms with van der Waals surface area (Å²) in [5.74, 6) is 2.21. The second-order valence-electron chi connectivity index (χ2n) is 5.84. The Morgan fingerprint density at radius 2 is 2.06 bits per heavy atom. The van der Waals surface area contributed by atoms with Crippen molar-refractivity contribution < 1.29 is 0 Å². The van der Waals surface area contributed by atoms with Gasteiger partial charge in [0.15, 0.2) is 0 Å². The Labute approximate surface area is 110 Å². The molecule has 0 radical (unpaired) electrons. The van der Waals surface area contributed by atoms with Crippen molar-refractivity contribution in [1.82, 2.24) is 9.97 Å². The van der Waals surface area contributed by atoms with Crippen LogP contribution in [0.4, 0.5) is 5.95 Å². The molecule has 1 aliphatic carbocycles. The standard InChI is InChI=1S/C15H25N3/c1-5-13(9-12-6-7-12)17-15-16-11(4)8-14(18-15)10(2)3/h8,10,12-13H,5-7,9H2,1-4H3,(H,16,17,18). The van der Waals surface area contributed by atoms with Gasteiger partial charge in [0.05, 0.1) is 0 Å². The van der Waals surface area contributed by atoms with Crippen molar-refractivity contribution in [2.45, 2.75) is 65.3 Å². The van der Waals surface area contributed by atoms with Gasteiger partial charge in [-0.1, -0.05) is 33.6 Å². The van der Waals surface area contributed by atoms with E-state index in [0.717, 1.165) is 29.7 Å². The Hall–Kier alpha value is -1.12. The molecule has 0 bridgehead atoms. The largest absolute Gasteiger partial charge is 0.351 e. The van der Waals surface area contributed by atoms with Gasteiger partial charge in [-0.05, 0) is 37.7 Å². The molecule has 0 amide bonds. The number of rotatable bonds is 6. The van der Waals surface area contributed by atoms with Gasteiger partial charge in [-0.2, -0.15) is 0 Å². The lowest BCUT2D eigenvalue weighted by Gasteiger charge is -2.18. The zero-order valence-electron chi connectivity index (χ0n) is 12.0. The van der Waals surface area contributed by atoms with Gasteiger partial charge in [-0.3, -0.25) is 0 Å². The van der Waals surface area contributed by atoms with E-state index >= 15 is 0 Å². The second-order valence-corrected chi connectivity index (χ2v) is 5.84. The van der Waals surface area contributed by atoms with Crippen LogP contribution in [0.25, 0.3) is 0 Å². The maximum Gasteiger partial charge on any atom is 0.223 e. The van der Waals surface area contributed by atoms with Crippen LogP contribution in [-0.2, 0) is 0 Å². The summed E-state index contributed by atoms with van der Waals surface area (Å²) in [7, 11) is 0. The van der Waals surface area contributed by atoms with Crippen LogP contribution in [-0.4, -0.2) is 16.0 Å². The molecular formula is C15H25N3. The lowest BCUT2D eigenvalue weighted by Crippen LogP contribution is -2.21. The minimum Gasteiger partial charge on any atom is -0.351 e. The summed E-state index contributed by atoms with van der Waals surface area (Å²) in [5, 5.41) is 3.51. The fourth-order valence-electron chi connectivity index (χ4n) is 2.22. The Bertz CT molecular complexity index is 397. The molecule has 18 heavy (non-hydrogen) atoms. The molecule has 0 spiro atoms. The molecule has 1 heterocycles. The molecule has 100 valence electrons. The van der Waals surface area contributed by atoms with Gasteiger partial charge in [0.2, 0.25) is 5.95 Å². The molecule has 0 aromatic carbocycles. The third-order valence-electron chi connectivity index (χ3n) is 3.61. The molecule has 3 nitrogen and oxygen atoms in total. The fraction of sp³-hybridized carbons (Fsp3) is 0.733. The van der Waals surface area contributed by atoms with E-state index in [1.165, 1.54) is 19.3 Å². The molecule has 3 heteroatoms. The molecule has 1 aromatic rings. The third kappa shape index (κ3) is 3.69. The Kier molecular flexibility index (Phi) is 4.20. The van der Waals surface area contributed by atoms with Crippen LogP contribution in [0.1, 0.15) is 63.8 Å². The van der Waals surface area contributed by atoms with Gasteiger partial charge < -0.3 is 5.32 Å². The zero-order chi connectivity index (χ0) is 13.1. The molecule has 1 aromatic heterocycles. The summed E-state index contributed by atoms with van der Waals surface area (Å²) in [6.45, 7) is 8.62. The second kappa shape index (κ2) is 5.68.